The van der Waals surface area contributed by atoms with Crippen LogP contribution in [-0.4, -0.2) is 29.9 Å². The smallest absolute Gasteiger partial charge is 0.332 e. The highest BCUT2D eigenvalue weighted by Gasteiger charge is 2.26. The van der Waals surface area contributed by atoms with Gasteiger partial charge in [-0.2, -0.15) is 0 Å². The first kappa shape index (κ1) is 20.2. The Labute approximate surface area is 173 Å². The van der Waals surface area contributed by atoms with Crippen LogP contribution in [0, 0.1) is 3.95 Å². The molecule has 0 amide bonds. The Balaban J connectivity index is 1.92. The first-order valence-corrected chi connectivity index (χ1v) is 10.2. The number of nitrogens with two attached hydrogens (primary N) is 1. The number of para-hydroxylation sites is 1. The van der Waals surface area contributed by atoms with Gasteiger partial charge in [-0.1, -0.05) is 41.3 Å². The summed E-state index contributed by atoms with van der Waals surface area (Å²) in [5.74, 6) is -0.612. The summed E-state index contributed by atoms with van der Waals surface area (Å²) < 4.78 is 4.72. The standard InChI is InChI=1S/C17H17N5O3S3/c1-9(12(23)11-13(18)20(2)16(25)21(3)14(11)24)27-15-19-22(17(26)28-15)10-7-5-4-6-8-10/h4-9H,18H2,1-3H3. The van der Waals surface area contributed by atoms with Gasteiger partial charge in [0.1, 0.15) is 11.4 Å². The molecular weight excluding hydrogens is 418 g/mol. The third-order valence-corrected chi connectivity index (χ3v) is 6.55. The molecule has 3 rings (SSSR count). The fourth-order valence-corrected chi connectivity index (χ4v) is 5.10. The number of anilines is 1. The topological polar surface area (TPSA) is 105 Å². The molecule has 1 atom stereocenters. The second kappa shape index (κ2) is 7.86. The lowest BCUT2D eigenvalue weighted by molar-refractivity contribution is 0.0992. The van der Waals surface area contributed by atoms with E-state index in [1.165, 1.54) is 37.2 Å². The molecule has 28 heavy (non-hydrogen) atoms. The van der Waals surface area contributed by atoms with Crippen LogP contribution in [0.5, 0.6) is 0 Å². The number of thioether (sulfide) groups is 1. The normalized spacial score (nSPS) is 12.1. The van der Waals surface area contributed by atoms with E-state index in [9.17, 15) is 14.4 Å². The number of carbonyl (C=O) groups excluding carboxylic acids is 1. The van der Waals surface area contributed by atoms with Gasteiger partial charge in [0.25, 0.3) is 5.56 Å². The third kappa shape index (κ3) is 3.60. The summed E-state index contributed by atoms with van der Waals surface area (Å²) in [6.07, 6.45) is 0. The van der Waals surface area contributed by atoms with E-state index >= 15 is 0 Å². The van der Waals surface area contributed by atoms with E-state index in [2.05, 4.69) is 5.10 Å². The number of carbonyl (C=O) groups is 1. The average molecular weight is 436 g/mol. The number of hydrogen-bond donors (Lipinski definition) is 1. The van der Waals surface area contributed by atoms with Gasteiger partial charge in [0.15, 0.2) is 14.1 Å². The van der Waals surface area contributed by atoms with Crippen LogP contribution in [0.3, 0.4) is 0 Å². The minimum Gasteiger partial charge on any atom is -0.384 e. The van der Waals surface area contributed by atoms with E-state index in [1.54, 1.807) is 11.6 Å². The average Bonchev–Trinajstić information content (AvgIpc) is 3.05. The van der Waals surface area contributed by atoms with Gasteiger partial charge in [0.2, 0.25) is 0 Å². The fourth-order valence-electron chi connectivity index (χ4n) is 2.54. The summed E-state index contributed by atoms with van der Waals surface area (Å²) in [7, 11) is 2.73. The lowest BCUT2D eigenvalue weighted by atomic mass is 10.1. The molecular formula is C17H17N5O3S3. The zero-order chi connectivity index (χ0) is 20.6. The predicted molar refractivity (Wildman–Crippen MR) is 113 cm³/mol. The Morgan fingerprint density at radius 2 is 1.86 bits per heavy atom. The van der Waals surface area contributed by atoms with Gasteiger partial charge in [-0.15, -0.1) is 5.10 Å². The first-order chi connectivity index (χ1) is 13.2. The van der Waals surface area contributed by atoms with Crippen molar-refractivity contribution in [3.8, 4) is 5.69 Å². The lowest BCUT2D eigenvalue weighted by Crippen LogP contribution is -2.42. The molecule has 0 saturated heterocycles. The summed E-state index contributed by atoms with van der Waals surface area (Å²) in [6, 6.07) is 9.43. The van der Waals surface area contributed by atoms with E-state index < -0.39 is 22.3 Å². The van der Waals surface area contributed by atoms with E-state index in [1.807, 2.05) is 30.3 Å². The van der Waals surface area contributed by atoms with Crippen LogP contribution in [0.4, 0.5) is 5.82 Å². The number of rotatable bonds is 5. The minimum absolute atomic E-state index is 0.145. The van der Waals surface area contributed by atoms with Gasteiger partial charge in [-0.25, -0.2) is 9.48 Å². The number of ketones is 1. The van der Waals surface area contributed by atoms with Crippen molar-refractivity contribution in [1.82, 2.24) is 18.9 Å². The third-order valence-electron chi connectivity index (χ3n) is 4.13. The largest absolute Gasteiger partial charge is 0.384 e. The van der Waals surface area contributed by atoms with Gasteiger partial charge in [-0.05, 0) is 31.3 Å². The highest BCUT2D eigenvalue weighted by atomic mass is 32.2. The molecule has 0 radical (unpaired) electrons. The summed E-state index contributed by atoms with van der Waals surface area (Å²) in [6.45, 7) is 1.66. The van der Waals surface area contributed by atoms with Crippen LogP contribution >= 0.6 is 35.3 Å². The monoisotopic (exact) mass is 435 g/mol. The van der Waals surface area contributed by atoms with Crippen LogP contribution in [0.2, 0.25) is 0 Å². The zero-order valence-corrected chi connectivity index (χ0v) is 17.7. The Hall–Kier alpha value is -2.50. The Kier molecular flexibility index (Phi) is 5.68. The molecule has 0 aliphatic carbocycles. The van der Waals surface area contributed by atoms with Crippen LogP contribution in [-0.2, 0) is 14.1 Å². The van der Waals surface area contributed by atoms with E-state index in [0.29, 0.717) is 8.29 Å². The van der Waals surface area contributed by atoms with Crippen molar-refractivity contribution < 1.29 is 4.79 Å². The van der Waals surface area contributed by atoms with Gasteiger partial charge < -0.3 is 5.73 Å². The molecule has 3 aromatic rings. The maximum atomic E-state index is 12.9. The Morgan fingerprint density at radius 1 is 1.21 bits per heavy atom. The molecule has 0 saturated carbocycles. The SMILES string of the molecule is CC(Sc1nn(-c2ccccc2)c(=S)s1)C(=O)c1c(N)n(C)c(=O)n(C)c1=O. The fraction of sp³-hybridized carbons (Fsp3) is 0.235. The molecule has 0 aliphatic rings. The quantitative estimate of drug-likeness (QED) is 0.371. The number of benzene rings is 1. The molecule has 146 valence electrons. The van der Waals surface area contributed by atoms with Crippen LogP contribution in [0.1, 0.15) is 17.3 Å². The maximum Gasteiger partial charge on any atom is 0.332 e. The van der Waals surface area contributed by atoms with E-state index in [4.69, 9.17) is 18.0 Å². The molecule has 2 heterocycles. The van der Waals surface area contributed by atoms with Crippen molar-refractivity contribution in [3.63, 3.8) is 0 Å². The van der Waals surface area contributed by atoms with Gasteiger partial charge in [0.05, 0.1) is 10.9 Å². The molecule has 0 aliphatic heterocycles. The molecule has 2 aromatic heterocycles. The maximum absolute atomic E-state index is 12.9. The molecule has 1 unspecified atom stereocenters. The van der Waals surface area contributed by atoms with Crippen LogP contribution in [0.15, 0.2) is 44.3 Å². The molecule has 1 aromatic carbocycles. The molecule has 0 spiro atoms. The highest BCUT2D eigenvalue weighted by molar-refractivity contribution is 8.02. The summed E-state index contributed by atoms with van der Waals surface area (Å²) in [4.78, 5) is 37.2. The van der Waals surface area contributed by atoms with Crippen molar-refractivity contribution in [2.45, 2.75) is 16.5 Å². The van der Waals surface area contributed by atoms with Crippen molar-refractivity contribution >= 4 is 46.9 Å². The van der Waals surface area contributed by atoms with Crippen LogP contribution < -0.4 is 17.0 Å². The molecule has 8 nitrogen and oxygen atoms in total. The van der Waals surface area contributed by atoms with Gasteiger partial charge in [-0.3, -0.25) is 18.7 Å². The molecule has 0 fully saturated rings. The van der Waals surface area contributed by atoms with Crippen LogP contribution in [0.25, 0.3) is 5.69 Å². The second-order valence-corrected chi connectivity index (χ2v) is 9.18. The Bertz CT molecular complexity index is 1220. The second-order valence-electron chi connectivity index (χ2n) is 5.97. The van der Waals surface area contributed by atoms with Gasteiger partial charge in [0, 0.05) is 14.1 Å². The van der Waals surface area contributed by atoms with Crippen molar-refractivity contribution in [1.29, 1.82) is 0 Å². The highest BCUT2D eigenvalue weighted by Crippen LogP contribution is 2.29. The molecule has 2 N–H and O–H groups in total. The summed E-state index contributed by atoms with van der Waals surface area (Å²) in [5.41, 5.74) is 5.21. The number of aromatic nitrogens is 4. The number of hydrogen-bond acceptors (Lipinski definition) is 8. The zero-order valence-electron chi connectivity index (χ0n) is 15.3. The van der Waals surface area contributed by atoms with Crippen molar-refractivity contribution in [2.75, 3.05) is 5.73 Å². The molecule has 0 bridgehead atoms. The number of nitrogens with zero attached hydrogens (tertiary/aromatic N) is 4. The minimum atomic E-state index is -0.708. The number of nitrogen functional groups attached to an aromatic ring is 1. The van der Waals surface area contributed by atoms with E-state index in [0.717, 1.165) is 14.8 Å². The molecule has 11 heteroatoms. The number of Topliss-reactive ketones (excluding diaryl/α,β-unsaturated/α-hetero) is 1. The van der Waals surface area contributed by atoms with Gasteiger partial charge >= 0.3 is 5.69 Å². The van der Waals surface area contributed by atoms with Crippen molar-refractivity contribution in [2.24, 2.45) is 14.1 Å². The van der Waals surface area contributed by atoms with Crippen molar-refractivity contribution in [3.05, 3.63) is 60.7 Å². The summed E-state index contributed by atoms with van der Waals surface area (Å²) >= 11 is 7.83. The lowest BCUT2D eigenvalue weighted by Gasteiger charge is -2.13. The first-order valence-electron chi connectivity index (χ1n) is 8.14. The predicted octanol–water partition coefficient (Wildman–Crippen LogP) is 2.01. The summed E-state index contributed by atoms with van der Waals surface area (Å²) in [5, 5.41) is 3.82. The van der Waals surface area contributed by atoms with E-state index in [-0.39, 0.29) is 11.4 Å². The Morgan fingerprint density at radius 3 is 2.50 bits per heavy atom.